The first-order valence-electron chi connectivity index (χ1n) is 11.2. The highest BCUT2D eigenvalue weighted by Gasteiger charge is 2.21. The van der Waals surface area contributed by atoms with Crippen LogP contribution in [0.3, 0.4) is 0 Å². The third kappa shape index (κ3) is 6.39. The normalized spacial score (nSPS) is 15.3. The number of ether oxygens (including phenoxy) is 2. The predicted molar refractivity (Wildman–Crippen MR) is 135 cm³/mol. The molecule has 0 bridgehead atoms. The van der Waals surface area contributed by atoms with E-state index in [1.54, 1.807) is 13.8 Å². The molecule has 0 unspecified atom stereocenters. The number of hydrogen-bond acceptors (Lipinski definition) is 5. The van der Waals surface area contributed by atoms with Crippen molar-refractivity contribution in [3.63, 3.8) is 0 Å². The molecule has 1 aliphatic heterocycles. The Balaban J connectivity index is 1.61. The van der Waals surface area contributed by atoms with E-state index in [2.05, 4.69) is 51.5 Å². The molecule has 0 amide bonds. The van der Waals surface area contributed by atoms with Gasteiger partial charge in [0.2, 0.25) is 0 Å². The maximum atomic E-state index is 9.96. The van der Waals surface area contributed by atoms with Crippen LogP contribution >= 0.6 is 10.0 Å². The van der Waals surface area contributed by atoms with Gasteiger partial charge in [0.15, 0.2) is 0 Å². The van der Waals surface area contributed by atoms with E-state index in [-0.39, 0.29) is 0 Å². The zero-order valence-corrected chi connectivity index (χ0v) is 21.0. The first kappa shape index (κ1) is 23.8. The first-order chi connectivity index (χ1) is 15.6. The molecular formula is C25H34N4O3S. The minimum atomic E-state index is -1.06. The van der Waals surface area contributed by atoms with Crippen LogP contribution in [-0.4, -0.2) is 74.4 Å². The molecule has 0 spiro atoms. The van der Waals surface area contributed by atoms with Crippen LogP contribution < -0.4 is 0 Å². The Kier molecular flexibility index (Phi) is 6.87. The standard InChI is InChI=1S/C25H34N4O3S/c1-25(2,30)7-6-21-10-22-23(15-28(24(22)12-26-21)13-19-16-32-17-19)20-11-27-29(14-20)18-31-8-9-33(3,4)5/h10-12,14-15,19,30H,8-9,13,16-18H2,1-5H3. The number of nitrogens with zero attached hydrogens (tertiary/aromatic N) is 4. The summed E-state index contributed by atoms with van der Waals surface area (Å²) in [6, 6.07) is 2.00. The van der Waals surface area contributed by atoms with Gasteiger partial charge >= 0.3 is 0 Å². The van der Waals surface area contributed by atoms with Crippen LogP contribution in [0.15, 0.2) is 30.9 Å². The highest BCUT2D eigenvalue weighted by Crippen LogP contribution is 2.34. The summed E-state index contributed by atoms with van der Waals surface area (Å²) in [5.41, 5.74) is 2.75. The summed E-state index contributed by atoms with van der Waals surface area (Å²) in [6.45, 7) is 7.00. The second kappa shape index (κ2) is 9.51. The fraction of sp³-hybridized carbons (Fsp3) is 0.520. The third-order valence-electron chi connectivity index (χ3n) is 5.43. The van der Waals surface area contributed by atoms with Gasteiger partial charge < -0.3 is 19.1 Å². The summed E-state index contributed by atoms with van der Waals surface area (Å²) in [6.07, 6.45) is 14.8. The first-order valence-corrected chi connectivity index (χ1v) is 14.2. The summed E-state index contributed by atoms with van der Waals surface area (Å²) < 4.78 is 15.3. The van der Waals surface area contributed by atoms with Crippen molar-refractivity contribution in [2.45, 2.75) is 32.7 Å². The van der Waals surface area contributed by atoms with E-state index in [1.807, 2.05) is 29.3 Å². The van der Waals surface area contributed by atoms with Crippen molar-refractivity contribution < 1.29 is 14.6 Å². The monoisotopic (exact) mass is 470 g/mol. The largest absolute Gasteiger partial charge is 0.381 e. The molecule has 4 rings (SSSR count). The van der Waals surface area contributed by atoms with Crippen LogP contribution in [0.4, 0.5) is 0 Å². The van der Waals surface area contributed by atoms with Gasteiger partial charge in [-0.3, -0.25) is 0 Å². The van der Waals surface area contributed by atoms with Crippen molar-refractivity contribution in [2.75, 3.05) is 44.3 Å². The lowest BCUT2D eigenvalue weighted by Crippen LogP contribution is -2.31. The van der Waals surface area contributed by atoms with Crippen LogP contribution in [0.1, 0.15) is 19.5 Å². The third-order valence-corrected chi connectivity index (χ3v) is 6.83. The van der Waals surface area contributed by atoms with E-state index in [4.69, 9.17) is 9.47 Å². The molecule has 1 aliphatic rings. The topological polar surface area (TPSA) is 74.3 Å². The van der Waals surface area contributed by atoms with Crippen molar-refractivity contribution in [3.8, 4) is 23.0 Å². The summed E-state index contributed by atoms with van der Waals surface area (Å²) in [5, 5.41) is 15.5. The second-order valence-electron chi connectivity index (χ2n) is 10.1. The number of rotatable bonds is 8. The Labute approximate surface area is 197 Å². The number of aromatic nitrogens is 4. The quantitative estimate of drug-likeness (QED) is 0.404. The van der Waals surface area contributed by atoms with Crippen molar-refractivity contribution in [1.82, 2.24) is 19.3 Å². The maximum Gasteiger partial charge on any atom is 0.139 e. The van der Waals surface area contributed by atoms with E-state index < -0.39 is 15.6 Å². The van der Waals surface area contributed by atoms with Crippen LogP contribution in [0, 0.1) is 17.8 Å². The molecule has 3 aromatic rings. The summed E-state index contributed by atoms with van der Waals surface area (Å²) in [7, 11) is -0.563. The summed E-state index contributed by atoms with van der Waals surface area (Å²) in [4.78, 5) is 4.53. The van der Waals surface area contributed by atoms with E-state index >= 15 is 0 Å². The minimum Gasteiger partial charge on any atom is -0.381 e. The molecule has 0 aliphatic carbocycles. The summed E-state index contributed by atoms with van der Waals surface area (Å²) in [5.74, 6) is 7.45. The fourth-order valence-electron chi connectivity index (χ4n) is 3.56. The molecular weight excluding hydrogens is 436 g/mol. The highest BCUT2D eigenvalue weighted by atomic mass is 32.3. The van der Waals surface area contributed by atoms with Gasteiger partial charge in [0.1, 0.15) is 18.0 Å². The van der Waals surface area contributed by atoms with Gasteiger partial charge in [0.05, 0.1) is 37.7 Å². The smallest absolute Gasteiger partial charge is 0.139 e. The predicted octanol–water partition coefficient (Wildman–Crippen LogP) is 3.34. The molecule has 3 aromatic heterocycles. The highest BCUT2D eigenvalue weighted by molar-refractivity contribution is 8.32. The Bertz CT molecular complexity index is 1170. The Hall–Kier alpha value is -2.31. The van der Waals surface area contributed by atoms with Crippen molar-refractivity contribution >= 4 is 20.9 Å². The average molecular weight is 471 g/mol. The zero-order valence-electron chi connectivity index (χ0n) is 20.2. The zero-order chi connectivity index (χ0) is 23.6. The van der Waals surface area contributed by atoms with Crippen LogP contribution in [0.2, 0.25) is 0 Å². The van der Waals surface area contributed by atoms with E-state index in [1.165, 1.54) is 0 Å². The summed E-state index contributed by atoms with van der Waals surface area (Å²) >= 11 is 0. The SMILES string of the molecule is CC(C)(O)C#Cc1cc2c(-c3cnn(COCCS(C)(C)C)c3)cn(CC3COC3)c2cn1. The number of fused-ring (bicyclic) bond motifs is 1. The molecule has 1 saturated heterocycles. The Morgan fingerprint density at radius 1 is 1.24 bits per heavy atom. The number of hydrogen-bond donors (Lipinski definition) is 1. The minimum absolute atomic E-state index is 0.442. The molecule has 4 heterocycles. The van der Waals surface area contributed by atoms with Gasteiger partial charge in [0.25, 0.3) is 0 Å². The molecule has 0 atom stereocenters. The molecule has 0 radical (unpaired) electrons. The lowest BCUT2D eigenvalue weighted by atomic mass is 10.1. The van der Waals surface area contributed by atoms with Gasteiger partial charge in [-0.1, -0.05) is 5.92 Å². The van der Waals surface area contributed by atoms with E-state index in [0.717, 1.165) is 54.1 Å². The molecule has 1 N–H and O–H groups in total. The number of aliphatic hydroxyl groups is 1. The van der Waals surface area contributed by atoms with Crippen molar-refractivity contribution in [2.24, 2.45) is 5.92 Å². The molecule has 178 valence electrons. The Morgan fingerprint density at radius 2 is 2.03 bits per heavy atom. The number of pyridine rings is 1. The van der Waals surface area contributed by atoms with Crippen LogP contribution in [0.25, 0.3) is 22.0 Å². The van der Waals surface area contributed by atoms with E-state index in [9.17, 15) is 5.11 Å². The van der Waals surface area contributed by atoms with Crippen molar-refractivity contribution in [1.29, 1.82) is 0 Å². The lowest BCUT2D eigenvalue weighted by Gasteiger charge is -2.26. The molecule has 7 nitrogen and oxygen atoms in total. The Morgan fingerprint density at radius 3 is 2.70 bits per heavy atom. The van der Waals surface area contributed by atoms with Gasteiger partial charge in [0, 0.05) is 47.1 Å². The molecule has 33 heavy (non-hydrogen) atoms. The molecule has 8 heteroatoms. The molecule has 0 aromatic carbocycles. The second-order valence-corrected chi connectivity index (χ2v) is 14.7. The van der Waals surface area contributed by atoms with Gasteiger partial charge in [-0.05, 0) is 44.6 Å². The molecule has 0 saturated carbocycles. The average Bonchev–Trinajstić information content (AvgIpc) is 3.29. The van der Waals surface area contributed by atoms with Crippen LogP contribution in [-0.2, 0) is 22.7 Å². The van der Waals surface area contributed by atoms with Gasteiger partial charge in [-0.25, -0.2) is 19.7 Å². The fourth-order valence-corrected chi connectivity index (χ4v) is 4.18. The maximum absolute atomic E-state index is 9.96. The lowest BCUT2D eigenvalue weighted by molar-refractivity contribution is -0.0388. The van der Waals surface area contributed by atoms with Crippen LogP contribution in [0.5, 0.6) is 0 Å². The van der Waals surface area contributed by atoms with Crippen molar-refractivity contribution in [3.05, 3.63) is 36.5 Å². The van der Waals surface area contributed by atoms with Gasteiger partial charge in [-0.15, -0.1) is 0 Å². The molecule has 1 fully saturated rings. The van der Waals surface area contributed by atoms with E-state index in [0.29, 0.717) is 18.3 Å². The van der Waals surface area contributed by atoms with Gasteiger partial charge in [-0.2, -0.15) is 5.10 Å².